The summed E-state index contributed by atoms with van der Waals surface area (Å²) in [6, 6.07) is 6.47. The van der Waals surface area contributed by atoms with Crippen LogP contribution in [-0.4, -0.2) is 11.1 Å². The molecule has 0 fully saturated rings. The first-order chi connectivity index (χ1) is 8.17. The van der Waals surface area contributed by atoms with Crippen molar-refractivity contribution in [1.82, 2.24) is 4.57 Å². The van der Waals surface area contributed by atoms with Crippen molar-refractivity contribution in [3.63, 3.8) is 0 Å². The zero-order valence-electron chi connectivity index (χ0n) is 10.4. The molecular formula is C14H19BrN2. The monoisotopic (exact) mass is 294 g/mol. The molecule has 3 heteroatoms. The Balaban J connectivity index is 2.56. The second kappa shape index (κ2) is 5.23. The van der Waals surface area contributed by atoms with E-state index < -0.39 is 0 Å². The van der Waals surface area contributed by atoms with Gasteiger partial charge in [-0.3, -0.25) is 0 Å². The Kier molecular flexibility index (Phi) is 3.89. The van der Waals surface area contributed by atoms with Crippen LogP contribution < -0.4 is 5.73 Å². The maximum absolute atomic E-state index is 5.71. The van der Waals surface area contributed by atoms with E-state index in [1.165, 1.54) is 16.5 Å². The van der Waals surface area contributed by atoms with Crippen molar-refractivity contribution in [3.8, 4) is 0 Å². The molecule has 2 N–H and O–H groups in total. The summed E-state index contributed by atoms with van der Waals surface area (Å²) in [5, 5.41) is 1.35. The lowest BCUT2D eigenvalue weighted by molar-refractivity contribution is 0.616. The number of nitrogens with zero attached hydrogens (tertiary/aromatic N) is 1. The Morgan fingerprint density at radius 2 is 2.18 bits per heavy atom. The van der Waals surface area contributed by atoms with Crippen molar-refractivity contribution in [3.05, 3.63) is 34.4 Å². The molecule has 0 spiro atoms. The van der Waals surface area contributed by atoms with E-state index in [1.807, 2.05) is 0 Å². The van der Waals surface area contributed by atoms with Crippen LogP contribution in [0.3, 0.4) is 0 Å². The highest BCUT2D eigenvalue weighted by Gasteiger charge is 2.15. The van der Waals surface area contributed by atoms with E-state index in [0.717, 1.165) is 23.9 Å². The summed E-state index contributed by atoms with van der Waals surface area (Å²) in [4.78, 5) is 0. The van der Waals surface area contributed by atoms with E-state index in [-0.39, 0.29) is 0 Å². The van der Waals surface area contributed by atoms with Gasteiger partial charge in [0.05, 0.1) is 0 Å². The maximum Gasteiger partial charge on any atom is 0.0481 e. The summed E-state index contributed by atoms with van der Waals surface area (Å²) in [5.41, 5.74) is 8.43. The van der Waals surface area contributed by atoms with Crippen LogP contribution in [0.25, 0.3) is 10.9 Å². The number of benzene rings is 1. The Morgan fingerprint density at radius 3 is 2.82 bits per heavy atom. The molecule has 0 saturated carbocycles. The number of fused-ring (bicyclic) bond motifs is 1. The van der Waals surface area contributed by atoms with Gasteiger partial charge in [-0.05, 0) is 49.1 Å². The fourth-order valence-electron chi connectivity index (χ4n) is 2.50. The third kappa shape index (κ3) is 2.40. The lowest BCUT2D eigenvalue weighted by atomic mass is 9.93. The number of rotatable bonds is 4. The SMILES string of the molecule is CCC(CCN)c1cn(C)c2ccc(Br)cc12. The predicted molar refractivity (Wildman–Crippen MR) is 77.3 cm³/mol. The lowest BCUT2D eigenvalue weighted by Gasteiger charge is -2.12. The highest BCUT2D eigenvalue weighted by Crippen LogP contribution is 2.32. The molecule has 0 aliphatic heterocycles. The van der Waals surface area contributed by atoms with Gasteiger partial charge in [0.2, 0.25) is 0 Å². The molecule has 0 bridgehead atoms. The van der Waals surface area contributed by atoms with E-state index in [2.05, 4.69) is 58.9 Å². The third-order valence-electron chi connectivity index (χ3n) is 3.43. The summed E-state index contributed by atoms with van der Waals surface area (Å²) < 4.78 is 3.34. The lowest BCUT2D eigenvalue weighted by Crippen LogP contribution is -2.06. The molecule has 17 heavy (non-hydrogen) atoms. The fraction of sp³-hybridized carbons (Fsp3) is 0.429. The highest BCUT2D eigenvalue weighted by atomic mass is 79.9. The van der Waals surface area contributed by atoms with Gasteiger partial charge in [-0.1, -0.05) is 22.9 Å². The summed E-state index contributed by atoms with van der Waals surface area (Å²) >= 11 is 3.55. The summed E-state index contributed by atoms with van der Waals surface area (Å²) in [5.74, 6) is 0.568. The number of hydrogen-bond acceptors (Lipinski definition) is 1. The van der Waals surface area contributed by atoms with E-state index in [9.17, 15) is 0 Å². The summed E-state index contributed by atoms with van der Waals surface area (Å²) in [7, 11) is 2.11. The van der Waals surface area contributed by atoms with E-state index in [0.29, 0.717) is 5.92 Å². The van der Waals surface area contributed by atoms with Gasteiger partial charge in [-0.15, -0.1) is 0 Å². The Morgan fingerprint density at radius 1 is 1.41 bits per heavy atom. The normalized spacial score (nSPS) is 13.2. The van der Waals surface area contributed by atoms with Gasteiger partial charge in [0.25, 0.3) is 0 Å². The number of halogens is 1. The van der Waals surface area contributed by atoms with Crippen molar-refractivity contribution >= 4 is 26.8 Å². The van der Waals surface area contributed by atoms with Crippen molar-refractivity contribution in [2.24, 2.45) is 12.8 Å². The van der Waals surface area contributed by atoms with Gasteiger partial charge in [0.15, 0.2) is 0 Å². The van der Waals surface area contributed by atoms with Crippen LogP contribution in [0.5, 0.6) is 0 Å². The van der Waals surface area contributed by atoms with Gasteiger partial charge < -0.3 is 10.3 Å². The largest absolute Gasteiger partial charge is 0.350 e. The third-order valence-corrected chi connectivity index (χ3v) is 3.92. The molecule has 92 valence electrons. The van der Waals surface area contributed by atoms with Crippen molar-refractivity contribution < 1.29 is 0 Å². The number of aromatic nitrogens is 1. The van der Waals surface area contributed by atoms with Crippen LogP contribution in [0.2, 0.25) is 0 Å². The van der Waals surface area contributed by atoms with Gasteiger partial charge in [-0.2, -0.15) is 0 Å². The Labute approximate surface area is 111 Å². The van der Waals surface area contributed by atoms with Crippen LogP contribution in [-0.2, 0) is 7.05 Å². The quantitative estimate of drug-likeness (QED) is 0.914. The first-order valence-corrected chi connectivity index (χ1v) is 6.91. The van der Waals surface area contributed by atoms with Crippen molar-refractivity contribution in [2.45, 2.75) is 25.7 Å². The van der Waals surface area contributed by atoms with Crippen molar-refractivity contribution in [1.29, 1.82) is 0 Å². The average molecular weight is 295 g/mol. The van der Waals surface area contributed by atoms with Crippen LogP contribution >= 0.6 is 15.9 Å². The molecule has 1 unspecified atom stereocenters. The topological polar surface area (TPSA) is 30.9 Å². The number of nitrogens with two attached hydrogens (primary N) is 1. The van der Waals surface area contributed by atoms with Crippen LogP contribution in [0.4, 0.5) is 0 Å². The van der Waals surface area contributed by atoms with Crippen LogP contribution in [0.1, 0.15) is 31.2 Å². The zero-order chi connectivity index (χ0) is 12.4. The fourth-order valence-corrected chi connectivity index (χ4v) is 2.86. The van der Waals surface area contributed by atoms with Crippen LogP contribution in [0, 0.1) is 0 Å². The Bertz CT molecular complexity index is 516. The van der Waals surface area contributed by atoms with Crippen LogP contribution in [0.15, 0.2) is 28.9 Å². The predicted octanol–water partition coefficient (Wildman–Crippen LogP) is 3.78. The first-order valence-electron chi connectivity index (χ1n) is 6.12. The molecule has 1 aromatic carbocycles. The second-order valence-corrected chi connectivity index (χ2v) is 5.46. The first kappa shape index (κ1) is 12.7. The van der Waals surface area contributed by atoms with Crippen molar-refractivity contribution in [2.75, 3.05) is 6.54 Å². The number of hydrogen-bond donors (Lipinski definition) is 1. The summed E-state index contributed by atoms with van der Waals surface area (Å²) in [6.45, 7) is 2.99. The Hall–Kier alpha value is -0.800. The minimum atomic E-state index is 0.568. The van der Waals surface area contributed by atoms with E-state index >= 15 is 0 Å². The number of aryl methyl sites for hydroxylation is 1. The molecule has 2 nitrogen and oxygen atoms in total. The molecule has 2 aromatic rings. The molecule has 1 aromatic heterocycles. The van der Waals surface area contributed by atoms with Gasteiger partial charge in [0.1, 0.15) is 0 Å². The molecule has 0 amide bonds. The van der Waals surface area contributed by atoms with Gasteiger partial charge >= 0.3 is 0 Å². The average Bonchev–Trinajstić information content (AvgIpc) is 2.63. The van der Waals surface area contributed by atoms with E-state index in [4.69, 9.17) is 5.73 Å². The standard InChI is InChI=1S/C14H19BrN2/c1-3-10(6-7-16)13-9-17(2)14-5-4-11(15)8-12(13)14/h4-5,8-10H,3,6-7,16H2,1-2H3. The molecule has 0 aliphatic rings. The molecule has 0 aliphatic carbocycles. The van der Waals surface area contributed by atoms with Gasteiger partial charge in [0, 0.05) is 28.6 Å². The molecule has 2 rings (SSSR count). The molecule has 1 atom stereocenters. The highest BCUT2D eigenvalue weighted by molar-refractivity contribution is 9.10. The zero-order valence-corrected chi connectivity index (χ0v) is 12.0. The minimum absolute atomic E-state index is 0.568. The van der Waals surface area contributed by atoms with Gasteiger partial charge in [-0.25, -0.2) is 0 Å². The van der Waals surface area contributed by atoms with E-state index in [1.54, 1.807) is 0 Å². The smallest absolute Gasteiger partial charge is 0.0481 e. The molecule has 0 radical (unpaired) electrons. The summed E-state index contributed by atoms with van der Waals surface area (Å²) in [6.07, 6.45) is 4.45. The molecular weight excluding hydrogens is 276 g/mol. The molecule has 0 saturated heterocycles. The minimum Gasteiger partial charge on any atom is -0.350 e. The maximum atomic E-state index is 5.71. The second-order valence-electron chi connectivity index (χ2n) is 4.54. The molecule has 1 heterocycles.